The predicted molar refractivity (Wildman–Crippen MR) is 72.6 cm³/mol. The Morgan fingerprint density at radius 1 is 1.44 bits per heavy atom. The molecule has 0 saturated heterocycles. The van der Waals surface area contributed by atoms with E-state index in [1.165, 1.54) is 39.9 Å². The average Bonchev–Trinajstić information content (AvgIpc) is 2.94. The number of aryl methyl sites for hydroxylation is 1. The van der Waals surface area contributed by atoms with Gasteiger partial charge in [0, 0.05) is 10.9 Å². The quantitative estimate of drug-likeness (QED) is 0.868. The van der Waals surface area contributed by atoms with Crippen molar-refractivity contribution >= 4 is 27.3 Å². The summed E-state index contributed by atoms with van der Waals surface area (Å²) in [5, 5.41) is 0. The molecule has 0 aliphatic heterocycles. The summed E-state index contributed by atoms with van der Waals surface area (Å²) in [5.41, 5.74) is 7.79. The van der Waals surface area contributed by atoms with Crippen molar-refractivity contribution in [3.63, 3.8) is 0 Å². The molecule has 2 bridgehead atoms. The molecule has 1 aromatic heterocycles. The molecule has 1 aromatic rings. The van der Waals surface area contributed by atoms with E-state index in [0.29, 0.717) is 0 Å². The molecule has 16 heavy (non-hydrogen) atoms. The van der Waals surface area contributed by atoms with Gasteiger partial charge in [0.1, 0.15) is 0 Å². The topological polar surface area (TPSA) is 26.0 Å². The Morgan fingerprint density at radius 2 is 2.25 bits per heavy atom. The lowest BCUT2D eigenvalue weighted by molar-refractivity contribution is 0.287. The fourth-order valence-electron chi connectivity index (χ4n) is 3.59. The Kier molecular flexibility index (Phi) is 2.89. The van der Waals surface area contributed by atoms with E-state index in [0.717, 1.165) is 17.8 Å². The Balaban J connectivity index is 1.80. The summed E-state index contributed by atoms with van der Waals surface area (Å²) >= 11 is 5.43. The molecule has 2 N–H and O–H groups in total. The van der Waals surface area contributed by atoms with Crippen molar-refractivity contribution in [1.29, 1.82) is 0 Å². The summed E-state index contributed by atoms with van der Waals surface area (Å²) in [7, 11) is 0. The van der Waals surface area contributed by atoms with Gasteiger partial charge in [-0.05, 0) is 71.5 Å². The number of thiophene rings is 1. The minimum absolute atomic E-state index is 0.283. The summed E-state index contributed by atoms with van der Waals surface area (Å²) in [6, 6.07) is 2.55. The molecular weight excluding hydrogens is 282 g/mol. The molecule has 4 atom stereocenters. The molecule has 0 radical (unpaired) electrons. The van der Waals surface area contributed by atoms with E-state index in [-0.39, 0.29) is 6.04 Å². The highest BCUT2D eigenvalue weighted by atomic mass is 79.9. The summed E-state index contributed by atoms with van der Waals surface area (Å²) in [5.74, 6) is 2.66. The van der Waals surface area contributed by atoms with Crippen LogP contribution in [0.2, 0.25) is 0 Å². The monoisotopic (exact) mass is 299 g/mol. The van der Waals surface area contributed by atoms with E-state index >= 15 is 0 Å². The van der Waals surface area contributed by atoms with Gasteiger partial charge in [-0.3, -0.25) is 0 Å². The molecule has 2 aliphatic carbocycles. The van der Waals surface area contributed by atoms with Crippen LogP contribution >= 0.6 is 27.3 Å². The summed E-state index contributed by atoms with van der Waals surface area (Å²) in [6.45, 7) is 2.15. The summed E-state index contributed by atoms with van der Waals surface area (Å²) < 4.78 is 1.25. The highest BCUT2D eigenvalue weighted by molar-refractivity contribution is 9.11. The summed E-state index contributed by atoms with van der Waals surface area (Å²) in [6.07, 6.45) is 5.71. The van der Waals surface area contributed by atoms with Crippen LogP contribution in [0.15, 0.2) is 9.85 Å². The molecule has 1 heterocycles. The SMILES string of the molecule is Cc1cc(C(N)C2CC3CCC2C3)sc1Br. The third kappa shape index (κ3) is 1.77. The van der Waals surface area contributed by atoms with Crippen molar-refractivity contribution in [2.45, 2.75) is 38.6 Å². The Morgan fingerprint density at radius 3 is 2.75 bits per heavy atom. The second-order valence-corrected chi connectivity index (χ2v) is 7.87. The van der Waals surface area contributed by atoms with Crippen molar-refractivity contribution in [2.75, 3.05) is 0 Å². The van der Waals surface area contributed by atoms with Gasteiger partial charge < -0.3 is 5.73 Å². The van der Waals surface area contributed by atoms with E-state index in [4.69, 9.17) is 5.73 Å². The van der Waals surface area contributed by atoms with Gasteiger partial charge in [-0.2, -0.15) is 0 Å². The van der Waals surface area contributed by atoms with Crippen LogP contribution < -0.4 is 5.73 Å². The smallest absolute Gasteiger partial charge is 0.0731 e. The van der Waals surface area contributed by atoms with E-state index in [1.807, 2.05) is 11.3 Å². The fourth-order valence-corrected chi connectivity index (χ4v) is 5.24. The van der Waals surface area contributed by atoms with Crippen LogP contribution in [0.4, 0.5) is 0 Å². The number of hydrogen-bond acceptors (Lipinski definition) is 2. The first kappa shape index (κ1) is 11.2. The highest BCUT2D eigenvalue weighted by Gasteiger charge is 2.42. The van der Waals surface area contributed by atoms with Crippen LogP contribution in [-0.2, 0) is 0 Å². The lowest BCUT2D eigenvalue weighted by atomic mass is 9.83. The number of fused-ring (bicyclic) bond motifs is 2. The highest BCUT2D eigenvalue weighted by Crippen LogP contribution is 2.52. The van der Waals surface area contributed by atoms with Crippen molar-refractivity contribution in [3.8, 4) is 0 Å². The van der Waals surface area contributed by atoms with Gasteiger partial charge in [-0.15, -0.1) is 11.3 Å². The van der Waals surface area contributed by atoms with Crippen LogP contribution in [0.5, 0.6) is 0 Å². The predicted octanol–water partition coefficient (Wildman–Crippen LogP) is 4.26. The maximum Gasteiger partial charge on any atom is 0.0731 e. The molecule has 88 valence electrons. The standard InChI is InChI=1S/C13H18BrNS/c1-7-4-11(16-13(7)14)12(15)10-6-8-2-3-9(10)5-8/h4,8-10,12H,2-3,5-6,15H2,1H3. The zero-order valence-electron chi connectivity index (χ0n) is 9.58. The Bertz CT molecular complexity index is 381. The number of nitrogens with two attached hydrogens (primary N) is 1. The van der Waals surface area contributed by atoms with Crippen LogP contribution in [0.1, 0.15) is 42.2 Å². The lowest BCUT2D eigenvalue weighted by Gasteiger charge is -2.26. The first-order valence-electron chi connectivity index (χ1n) is 6.16. The van der Waals surface area contributed by atoms with Crippen molar-refractivity contribution in [1.82, 2.24) is 0 Å². The van der Waals surface area contributed by atoms with Crippen molar-refractivity contribution < 1.29 is 0 Å². The van der Waals surface area contributed by atoms with E-state index in [1.54, 1.807) is 0 Å². The van der Waals surface area contributed by atoms with Crippen LogP contribution in [0, 0.1) is 24.7 Å². The van der Waals surface area contributed by atoms with Gasteiger partial charge in [0.05, 0.1) is 3.79 Å². The number of rotatable bonds is 2. The van der Waals surface area contributed by atoms with E-state index < -0.39 is 0 Å². The van der Waals surface area contributed by atoms with Crippen LogP contribution in [-0.4, -0.2) is 0 Å². The number of hydrogen-bond donors (Lipinski definition) is 1. The van der Waals surface area contributed by atoms with Gasteiger partial charge in [0.2, 0.25) is 0 Å². The second-order valence-electron chi connectivity index (χ2n) is 5.47. The minimum Gasteiger partial charge on any atom is -0.323 e. The molecule has 0 amide bonds. The third-order valence-corrected chi connectivity index (χ3v) is 6.70. The van der Waals surface area contributed by atoms with Gasteiger partial charge in [0.25, 0.3) is 0 Å². The van der Waals surface area contributed by atoms with E-state index in [9.17, 15) is 0 Å². The molecule has 4 unspecified atom stereocenters. The molecule has 3 rings (SSSR count). The maximum absolute atomic E-state index is 6.46. The Labute approximate surface area is 110 Å². The van der Waals surface area contributed by atoms with E-state index in [2.05, 4.69) is 28.9 Å². The second kappa shape index (κ2) is 4.11. The Hall–Kier alpha value is 0.140. The van der Waals surface area contributed by atoms with Gasteiger partial charge in [-0.1, -0.05) is 6.42 Å². The van der Waals surface area contributed by atoms with Crippen LogP contribution in [0.25, 0.3) is 0 Å². The fraction of sp³-hybridized carbons (Fsp3) is 0.692. The number of halogens is 1. The molecule has 2 saturated carbocycles. The largest absolute Gasteiger partial charge is 0.323 e. The normalized spacial score (nSPS) is 34.6. The first-order valence-corrected chi connectivity index (χ1v) is 7.77. The van der Waals surface area contributed by atoms with Gasteiger partial charge >= 0.3 is 0 Å². The lowest BCUT2D eigenvalue weighted by Crippen LogP contribution is -2.25. The summed E-state index contributed by atoms with van der Waals surface area (Å²) in [4.78, 5) is 1.38. The van der Waals surface area contributed by atoms with Crippen molar-refractivity contribution in [2.24, 2.45) is 23.5 Å². The zero-order valence-corrected chi connectivity index (χ0v) is 12.0. The van der Waals surface area contributed by atoms with Crippen LogP contribution in [0.3, 0.4) is 0 Å². The van der Waals surface area contributed by atoms with Crippen molar-refractivity contribution in [3.05, 3.63) is 20.3 Å². The van der Waals surface area contributed by atoms with Gasteiger partial charge in [0.15, 0.2) is 0 Å². The van der Waals surface area contributed by atoms with Gasteiger partial charge in [-0.25, -0.2) is 0 Å². The molecule has 2 fully saturated rings. The molecule has 0 aromatic carbocycles. The third-order valence-electron chi connectivity index (χ3n) is 4.46. The molecule has 1 nitrogen and oxygen atoms in total. The first-order chi connectivity index (χ1) is 7.65. The average molecular weight is 300 g/mol. The molecule has 0 spiro atoms. The molecule has 2 aliphatic rings. The minimum atomic E-state index is 0.283. The molecule has 3 heteroatoms. The zero-order chi connectivity index (χ0) is 11.3. The maximum atomic E-state index is 6.46. The molecular formula is C13H18BrNS.